The lowest BCUT2D eigenvalue weighted by Crippen LogP contribution is -2.28. The summed E-state index contributed by atoms with van der Waals surface area (Å²) in [5.41, 5.74) is 15.0. The van der Waals surface area contributed by atoms with Gasteiger partial charge in [0.15, 0.2) is 0 Å². The van der Waals surface area contributed by atoms with Crippen molar-refractivity contribution in [3.63, 3.8) is 0 Å². The number of methoxy groups -OCH3 is 1. The van der Waals surface area contributed by atoms with Crippen molar-refractivity contribution in [3.8, 4) is 0 Å². The average Bonchev–Trinajstić information content (AvgIpc) is 3.70. The second-order valence-electron chi connectivity index (χ2n) is 10.1. The van der Waals surface area contributed by atoms with E-state index in [2.05, 4.69) is 31.2 Å². The molecule has 4 heterocycles. The van der Waals surface area contributed by atoms with E-state index in [1.54, 1.807) is 34.5 Å². The number of nitrogens with two attached hydrogens (primary N) is 2. The molecular formula is C27H40N12O3. The zero-order valence-corrected chi connectivity index (χ0v) is 24.6. The van der Waals surface area contributed by atoms with Crippen LogP contribution >= 0.6 is 0 Å². The molecule has 15 heteroatoms. The van der Waals surface area contributed by atoms with Crippen LogP contribution < -0.4 is 32.7 Å². The number of anilines is 5. The maximum Gasteiger partial charge on any atom is 0.354 e. The highest BCUT2D eigenvalue weighted by Gasteiger charge is 2.17. The SMILES string of the molecule is COC(=O)c1cc(Nc2nc(C(N)CCNC(=O)c3cc(Nc4nc(NCCCN)cn4C)cn3C)cn2C)cn1C. The number of carbonyl (C=O) groups excluding carboxylic acids is 2. The van der Waals surface area contributed by atoms with E-state index < -0.39 is 12.0 Å². The second kappa shape index (κ2) is 13.3. The summed E-state index contributed by atoms with van der Waals surface area (Å²) in [6.07, 6.45) is 8.68. The van der Waals surface area contributed by atoms with Gasteiger partial charge in [0, 0.05) is 66.1 Å². The molecule has 0 aromatic carbocycles. The van der Waals surface area contributed by atoms with Crippen LogP contribution in [0.5, 0.6) is 0 Å². The molecule has 4 aromatic rings. The predicted octanol–water partition coefficient (Wildman–Crippen LogP) is 1.69. The predicted molar refractivity (Wildman–Crippen MR) is 161 cm³/mol. The summed E-state index contributed by atoms with van der Waals surface area (Å²) in [4.78, 5) is 34.0. The number of esters is 1. The topological polar surface area (TPSA) is 189 Å². The third-order valence-corrected chi connectivity index (χ3v) is 6.73. The first-order chi connectivity index (χ1) is 20.1. The molecule has 0 bridgehead atoms. The molecular weight excluding hydrogens is 540 g/mol. The van der Waals surface area contributed by atoms with Crippen molar-refractivity contribution in [1.29, 1.82) is 0 Å². The molecule has 0 spiro atoms. The lowest BCUT2D eigenvalue weighted by Gasteiger charge is -2.10. The molecule has 1 atom stereocenters. The number of aryl methyl sites for hydroxylation is 4. The van der Waals surface area contributed by atoms with E-state index in [-0.39, 0.29) is 5.91 Å². The normalized spacial score (nSPS) is 11.8. The number of hydrogen-bond donors (Lipinski definition) is 6. The molecule has 15 nitrogen and oxygen atoms in total. The van der Waals surface area contributed by atoms with Gasteiger partial charge < -0.3 is 55.7 Å². The summed E-state index contributed by atoms with van der Waals surface area (Å²) in [6.45, 7) is 1.73. The molecule has 42 heavy (non-hydrogen) atoms. The van der Waals surface area contributed by atoms with E-state index in [1.165, 1.54) is 7.11 Å². The Morgan fingerprint density at radius 3 is 2.17 bits per heavy atom. The summed E-state index contributed by atoms with van der Waals surface area (Å²) >= 11 is 0. The lowest BCUT2D eigenvalue weighted by atomic mass is 10.1. The fourth-order valence-corrected chi connectivity index (χ4v) is 4.41. The Balaban J connectivity index is 1.30. The van der Waals surface area contributed by atoms with Crippen molar-refractivity contribution in [2.24, 2.45) is 39.7 Å². The Hall–Kier alpha value is -4.76. The largest absolute Gasteiger partial charge is 0.464 e. The summed E-state index contributed by atoms with van der Waals surface area (Å²) in [5, 5.41) is 12.6. The maximum atomic E-state index is 12.9. The fraction of sp³-hybridized carbons (Fsp3) is 0.407. The number of imidazole rings is 2. The first-order valence-corrected chi connectivity index (χ1v) is 13.6. The van der Waals surface area contributed by atoms with Gasteiger partial charge >= 0.3 is 5.97 Å². The van der Waals surface area contributed by atoms with Crippen LogP contribution in [0.4, 0.5) is 29.1 Å². The molecule has 1 unspecified atom stereocenters. The van der Waals surface area contributed by atoms with E-state index in [4.69, 9.17) is 16.2 Å². The van der Waals surface area contributed by atoms with E-state index in [0.717, 1.165) is 24.5 Å². The van der Waals surface area contributed by atoms with Gasteiger partial charge in [0.05, 0.1) is 30.2 Å². The van der Waals surface area contributed by atoms with E-state index in [1.807, 2.05) is 48.9 Å². The number of rotatable bonds is 14. The van der Waals surface area contributed by atoms with Gasteiger partial charge in [0.2, 0.25) is 11.9 Å². The van der Waals surface area contributed by atoms with Gasteiger partial charge in [-0.25, -0.2) is 9.78 Å². The van der Waals surface area contributed by atoms with E-state index >= 15 is 0 Å². The summed E-state index contributed by atoms with van der Waals surface area (Å²) in [7, 11) is 8.66. The third-order valence-electron chi connectivity index (χ3n) is 6.73. The minimum atomic E-state index is -0.424. The van der Waals surface area contributed by atoms with Crippen LogP contribution in [-0.2, 0) is 32.9 Å². The molecule has 0 saturated carbocycles. The first-order valence-electron chi connectivity index (χ1n) is 13.6. The van der Waals surface area contributed by atoms with Crippen LogP contribution in [0.1, 0.15) is 45.6 Å². The molecule has 1 amide bonds. The van der Waals surface area contributed by atoms with Crippen LogP contribution in [0.3, 0.4) is 0 Å². The molecule has 0 fully saturated rings. The van der Waals surface area contributed by atoms with Crippen LogP contribution in [0.25, 0.3) is 0 Å². The van der Waals surface area contributed by atoms with Gasteiger partial charge in [0.25, 0.3) is 5.91 Å². The number of aromatic nitrogens is 6. The Labute approximate surface area is 244 Å². The highest BCUT2D eigenvalue weighted by atomic mass is 16.5. The third kappa shape index (κ3) is 7.11. The van der Waals surface area contributed by atoms with Crippen LogP contribution in [0, 0.1) is 0 Å². The Morgan fingerprint density at radius 2 is 1.50 bits per heavy atom. The van der Waals surface area contributed by atoms with Crippen molar-refractivity contribution in [1.82, 2.24) is 33.6 Å². The molecule has 0 radical (unpaired) electrons. The van der Waals surface area contributed by atoms with Crippen molar-refractivity contribution >= 4 is 41.0 Å². The molecule has 226 valence electrons. The molecule has 8 N–H and O–H groups in total. The highest BCUT2D eigenvalue weighted by molar-refractivity contribution is 5.94. The van der Waals surface area contributed by atoms with Gasteiger partial charge in [-0.1, -0.05) is 0 Å². The maximum absolute atomic E-state index is 12.9. The van der Waals surface area contributed by atoms with Crippen molar-refractivity contribution < 1.29 is 14.3 Å². The van der Waals surface area contributed by atoms with Gasteiger partial charge in [-0.3, -0.25) is 4.79 Å². The standard InChI is InChI=1S/C27H40N12O3/c1-36-13-17(33-27-35-23(16-39(27)4)30-9-6-8-28)11-21(36)24(40)31-10-7-19(29)20-15-38(3)26(34-20)32-18-12-22(25(41)42-5)37(2)14-18/h11-16,19,30H,6-10,28-29H2,1-5H3,(H,31,40)(H,32,34)(H,33,35). The number of hydrogen-bond acceptors (Lipinski definition) is 10. The van der Waals surface area contributed by atoms with Gasteiger partial charge in [-0.2, -0.15) is 4.98 Å². The Morgan fingerprint density at radius 1 is 0.881 bits per heavy atom. The first kappa shape index (κ1) is 30.2. The van der Waals surface area contributed by atoms with Crippen molar-refractivity contribution in [2.75, 3.05) is 42.7 Å². The summed E-state index contributed by atoms with van der Waals surface area (Å²) in [6, 6.07) is 3.07. The minimum Gasteiger partial charge on any atom is -0.464 e. The summed E-state index contributed by atoms with van der Waals surface area (Å²) in [5.74, 6) is 1.33. The Bertz CT molecular complexity index is 1530. The second-order valence-corrected chi connectivity index (χ2v) is 10.1. The number of nitrogens with one attached hydrogen (secondary N) is 4. The van der Waals surface area contributed by atoms with Crippen molar-refractivity contribution in [3.05, 3.63) is 54.0 Å². The monoisotopic (exact) mass is 580 g/mol. The molecule has 0 aliphatic rings. The minimum absolute atomic E-state index is 0.212. The van der Waals surface area contributed by atoms with E-state index in [9.17, 15) is 9.59 Å². The zero-order valence-electron chi connectivity index (χ0n) is 24.6. The lowest BCUT2D eigenvalue weighted by molar-refractivity contribution is 0.0589. The number of carbonyl (C=O) groups is 2. The number of nitrogens with zero attached hydrogens (tertiary/aromatic N) is 6. The van der Waals surface area contributed by atoms with Gasteiger partial charge in [-0.05, 0) is 31.5 Å². The number of ether oxygens (including phenoxy) is 1. The molecule has 4 rings (SSSR count). The zero-order chi connectivity index (χ0) is 30.4. The molecule has 0 aliphatic heterocycles. The quantitative estimate of drug-likeness (QED) is 0.0945. The molecule has 4 aromatic heterocycles. The Kier molecular flexibility index (Phi) is 9.54. The van der Waals surface area contributed by atoms with Gasteiger partial charge in [0.1, 0.15) is 17.2 Å². The molecule has 0 aliphatic carbocycles. The van der Waals surface area contributed by atoms with Crippen LogP contribution in [-0.4, -0.2) is 66.9 Å². The van der Waals surface area contributed by atoms with Crippen molar-refractivity contribution in [2.45, 2.75) is 18.9 Å². The smallest absolute Gasteiger partial charge is 0.354 e. The van der Waals surface area contributed by atoms with Crippen LogP contribution in [0.15, 0.2) is 36.9 Å². The average molecular weight is 581 g/mol. The fourth-order valence-electron chi connectivity index (χ4n) is 4.41. The number of amides is 1. The van der Waals surface area contributed by atoms with Gasteiger partial charge in [-0.15, -0.1) is 0 Å². The van der Waals surface area contributed by atoms with Crippen LogP contribution in [0.2, 0.25) is 0 Å². The van der Waals surface area contributed by atoms with E-state index in [0.29, 0.717) is 54.2 Å². The summed E-state index contributed by atoms with van der Waals surface area (Å²) < 4.78 is 11.9. The molecule has 0 saturated heterocycles. The highest BCUT2D eigenvalue weighted by Crippen LogP contribution is 2.22.